The van der Waals surface area contributed by atoms with E-state index in [1.165, 1.54) is 25.8 Å². The molecule has 1 aromatic carbocycles. The lowest BCUT2D eigenvalue weighted by Gasteiger charge is -2.33. The minimum absolute atomic E-state index is 0.0543. The third-order valence-corrected chi connectivity index (χ3v) is 4.89. The molecule has 1 aromatic rings. The van der Waals surface area contributed by atoms with Crippen LogP contribution >= 0.6 is 0 Å². The highest BCUT2D eigenvalue weighted by molar-refractivity contribution is 5.94. The molecule has 0 spiro atoms. The van der Waals surface area contributed by atoms with Crippen molar-refractivity contribution in [2.75, 3.05) is 38.0 Å². The van der Waals surface area contributed by atoms with Crippen molar-refractivity contribution in [3.05, 3.63) is 29.8 Å². The molecule has 1 aliphatic rings. The van der Waals surface area contributed by atoms with Crippen LogP contribution in [-0.4, -0.2) is 55.5 Å². The summed E-state index contributed by atoms with van der Waals surface area (Å²) in [6, 6.07) is 7.92. The number of hydrogen-bond donors (Lipinski definition) is 3. The highest BCUT2D eigenvalue weighted by Crippen LogP contribution is 2.16. The number of guanidine groups is 1. The summed E-state index contributed by atoms with van der Waals surface area (Å²) in [6.45, 7) is 8.27. The van der Waals surface area contributed by atoms with Gasteiger partial charge in [0, 0.05) is 36.9 Å². The van der Waals surface area contributed by atoms with Crippen LogP contribution in [0.2, 0.25) is 0 Å². The van der Waals surface area contributed by atoms with Gasteiger partial charge < -0.3 is 20.9 Å². The largest absolute Gasteiger partial charge is 0.357 e. The smallest absolute Gasteiger partial charge is 0.246 e. The predicted molar refractivity (Wildman–Crippen MR) is 116 cm³/mol. The lowest BCUT2D eigenvalue weighted by atomic mass is 10.0. The maximum atomic E-state index is 12.2. The van der Waals surface area contributed by atoms with Crippen LogP contribution in [0.15, 0.2) is 29.3 Å². The van der Waals surface area contributed by atoms with Crippen LogP contribution in [0.4, 0.5) is 5.69 Å². The Hall–Kier alpha value is -2.52. The molecule has 3 N–H and O–H groups in total. The second-order valence-corrected chi connectivity index (χ2v) is 7.13. The van der Waals surface area contributed by atoms with E-state index in [1.54, 1.807) is 6.07 Å². The predicted octanol–water partition coefficient (Wildman–Crippen LogP) is 2.43. The molecule has 1 unspecified atom stereocenters. The van der Waals surface area contributed by atoms with E-state index in [1.807, 2.05) is 25.1 Å². The van der Waals surface area contributed by atoms with E-state index in [2.05, 4.69) is 38.7 Å². The molecule has 1 saturated heterocycles. The number of likely N-dealkylation sites (tertiary alicyclic amines) is 1. The fourth-order valence-electron chi connectivity index (χ4n) is 3.36. The number of anilines is 1. The number of nitrogens with one attached hydrogen (secondary N) is 3. The molecular formula is C22H33N5O. The minimum Gasteiger partial charge on any atom is -0.357 e. The molecule has 0 saturated carbocycles. The van der Waals surface area contributed by atoms with Crippen LogP contribution in [0.1, 0.15) is 45.1 Å². The van der Waals surface area contributed by atoms with Gasteiger partial charge in [-0.25, -0.2) is 4.99 Å². The van der Waals surface area contributed by atoms with Crippen LogP contribution in [0.5, 0.6) is 0 Å². The highest BCUT2D eigenvalue weighted by atomic mass is 16.1. The first-order valence-corrected chi connectivity index (χ1v) is 10.2. The Kier molecular flexibility index (Phi) is 9.36. The van der Waals surface area contributed by atoms with Crippen LogP contribution in [0, 0.1) is 12.3 Å². The minimum atomic E-state index is -0.173. The number of nitrogens with zero attached hydrogens (tertiary/aromatic N) is 2. The lowest BCUT2D eigenvalue weighted by molar-refractivity contribution is -0.114. The SMILES string of the molecule is C#Cc1cccc(NC(=O)CN=C(NCC)NCCCN2CCCCC2C)c1. The first kappa shape index (κ1) is 21.8. The summed E-state index contributed by atoms with van der Waals surface area (Å²) in [7, 11) is 0. The number of aliphatic imine (C=N–C) groups is 1. The molecule has 1 heterocycles. The van der Waals surface area contributed by atoms with Crippen molar-refractivity contribution in [3.8, 4) is 12.3 Å². The highest BCUT2D eigenvalue weighted by Gasteiger charge is 2.17. The number of benzene rings is 1. The maximum absolute atomic E-state index is 12.2. The summed E-state index contributed by atoms with van der Waals surface area (Å²) < 4.78 is 0. The van der Waals surface area contributed by atoms with Gasteiger partial charge in [0.05, 0.1) is 0 Å². The third kappa shape index (κ3) is 7.61. The number of piperidine rings is 1. The van der Waals surface area contributed by atoms with Gasteiger partial charge in [0.25, 0.3) is 0 Å². The van der Waals surface area contributed by atoms with E-state index >= 15 is 0 Å². The molecule has 1 amide bonds. The molecular weight excluding hydrogens is 350 g/mol. The quantitative estimate of drug-likeness (QED) is 0.279. The summed E-state index contributed by atoms with van der Waals surface area (Å²) in [5, 5.41) is 9.33. The molecule has 0 bridgehead atoms. The van der Waals surface area contributed by atoms with E-state index in [9.17, 15) is 4.79 Å². The Morgan fingerprint density at radius 2 is 2.21 bits per heavy atom. The molecule has 0 aromatic heterocycles. The van der Waals surface area contributed by atoms with Crippen LogP contribution in [0.25, 0.3) is 0 Å². The standard InChI is InChI=1S/C22H33N5O/c1-4-19-11-8-12-20(16-19)26-21(28)17-25-22(23-5-2)24-13-9-15-27-14-7-6-10-18(27)3/h1,8,11-12,16,18H,5-7,9-10,13-15,17H2,2-3H3,(H,26,28)(H2,23,24,25). The maximum Gasteiger partial charge on any atom is 0.246 e. The van der Waals surface area contributed by atoms with Gasteiger partial charge >= 0.3 is 0 Å². The average molecular weight is 384 g/mol. The summed E-state index contributed by atoms with van der Waals surface area (Å²) in [4.78, 5) is 19.1. The van der Waals surface area contributed by atoms with E-state index in [-0.39, 0.29) is 12.5 Å². The Labute approximate surface area is 169 Å². The van der Waals surface area contributed by atoms with Gasteiger partial charge in [-0.3, -0.25) is 4.79 Å². The van der Waals surface area contributed by atoms with Crippen molar-refractivity contribution in [2.24, 2.45) is 4.99 Å². The second-order valence-electron chi connectivity index (χ2n) is 7.13. The van der Waals surface area contributed by atoms with E-state index < -0.39 is 0 Å². The lowest BCUT2D eigenvalue weighted by Crippen LogP contribution is -2.41. The van der Waals surface area contributed by atoms with E-state index in [0.29, 0.717) is 17.7 Å². The first-order chi connectivity index (χ1) is 13.6. The number of hydrogen-bond acceptors (Lipinski definition) is 3. The molecule has 152 valence electrons. The van der Waals surface area contributed by atoms with E-state index in [0.717, 1.165) is 31.6 Å². The second kappa shape index (κ2) is 12.0. The average Bonchev–Trinajstić information content (AvgIpc) is 2.70. The molecule has 1 aliphatic heterocycles. The number of amides is 1. The van der Waals surface area contributed by atoms with Crippen LogP contribution < -0.4 is 16.0 Å². The molecule has 1 atom stereocenters. The van der Waals surface area contributed by atoms with Crippen molar-refractivity contribution in [3.63, 3.8) is 0 Å². The fourth-order valence-corrected chi connectivity index (χ4v) is 3.36. The molecule has 6 nitrogen and oxygen atoms in total. The van der Waals surface area contributed by atoms with Crippen molar-refractivity contribution < 1.29 is 4.79 Å². The van der Waals surface area contributed by atoms with Crippen molar-refractivity contribution in [2.45, 2.75) is 45.6 Å². The molecule has 2 rings (SSSR count). The number of terminal acetylenes is 1. The molecule has 6 heteroatoms. The summed E-state index contributed by atoms with van der Waals surface area (Å²) in [5.41, 5.74) is 1.42. The van der Waals surface area contributed by atoms with Gasteiger partial charge in [-0.05, 0) is 57.9 Å². The Morgan fingerprint density at radius 1 is 1.36 bits per heavy atom. The summed E-state index contributed by atoms with van der Waals surface area (Å²) >= 11 is 0. The molecule has 0 aliphatic carbocycles. The number of rotatable bonds is 8. The van der Waals surface area contributed by atoms with Gasteiger partial charge in [-0.1, -0.05) is 18.4 Å². The summed E-state index contributed by atoms with van der Waals surface area (Å²) in [5.74, 6) is 3.06. The number of carbonyl (C=O) groups is 1. The molecule has 0 radical (unpaired) electrons. The third-order valence-electron chi connectivity index (χ3n) is 4.89. The van der Waals surface area contributed by atoms with E-state index in [4.69, 9.17) is 6.42 Å². The summed E-state index contributed by atoms with van der Waals surface area (Å²) in [6.07, 6.45) is 10.4. The topological polar surface area (TPSA) is 68.8 Å². The fraction of sp³-hybridized carbons (Fsp3) is 0.545. The van der Waals surface area contributed by atoms with Crippen molar-refractivity contribution in [1.82, 2.24) is 15.5 Å². The van der Waals surface area contributed by atoms with Crippen molar-refractivity contribution in [1.29, 1.82) is 0 Å². The van der Waals surface area contributed by atoms with Crippen LogP contribution in [0.3, 0.4) is 0 Å². The zero-order valence-electron chi connectivity index (χ0n) is 17.1. The Bertz CT molecular complexity index is 694. The van der Waals surface area contributed by atoms with Gasteiger partial charge in [0.15, 0.2) is 5.96 Å². The molecule has 28 heavy (non-hydrogen) atoms. The zero-order chi connectivity index (χ0) is 20.2. The first-order valence-electron chi connectivity index (χ1n) is 10.2. The normalized spacial score (nSPS) is 17.6. The monoisotopic (exact) mass is 383 g/mol. The van der Waals surface area contributed by atoms with Gasteiger partial charge in [0.1, 0.15) is 6.54 Å². The Morgan fingerprint density at radius 3 is 2.96 bits per heavy atom. The van der Waals surface area contributed by atoms with Gasteiger partial charge in [-0.2, -0.15) is 0 Å². The zero-order valence-corrected chi connectivity index (χ0v) is 17.1. The number of carbonyl (C=O) groups excluding carboxylic acids is 1. The van der Waals surface area contributed by atoms with Gasteiger partial charge in [-0.15, -0.1) is 6.42 Å². The van der Waals surface area contributed by atoms with Crippen molar-refractivity contribution >= 4 is 17.6 Å². The molecule has 1 fully saturated rings. The van der Waals surface area contributed by atoms with Crippen LogP contribution in [-0.2, 0) is 4.79 Å². The Balaban J connectivity index is 1.75. The van der Waals surface area contributed by atoms with Gasteiger partial charge in [0.2, 0.25) is 5.91 Å².